The summed E-state index contributed by atoms with van der Waals surface area (Å²) in [5, 5.41) is 5.53. The van der Waals surface area contributed by atoms with E-state index >= 15 is 0 Å². The summed E-state index contributed by atoms with van der Waals surface area (Å²) in [7, 11) is -2.19. The molecule has 0 amide bonds. The molecule has 2 aliphatic rings. The summed E-state index contributed by atoms with van der Waals surface area (Å²) in [4.78, 5) is 15.4. The van der Waals surface area contributed by atoms with E-state index in [0.717, 1.165) is 27.8 Å². The summed E-state index contributed by atoms with van der Waals surface area (Å²) in [6.07, 6.45) is 0. The van der Waals surface area contributed by atoms with Crippen LogP contribution in [0.2, 0.25) is 13.1 Å². The Labute approximate surface area is 379 Å². The van der Waals surface area contributed by atoms with Gasteiger partial charge in [0.25, 0.3) is 0 Å². The lowest BCUT2D eigenvalue weighted by atomic mass is 9.62. The monoisotopic (exact) mass is 846 g/mol. The molecule has 2 aromatic heterocycles. The molecule has 11 aromatic rings. The molecule has 4 nitrogen and oxygen atoms in total. The van der Waals surface area contributed by atoms with Crippen LogP contribution >= 0.6 is 0 Å². The summed E-state index contributed by atoms with van der Waals surface area (Å²) < 4.78 is 2.53. The zero-order chi connectivity index (χ0) is 43.3. The molecule has 0 aliphatic carbocycles. The fraction of sp³-hybridized carbons (Fsp3) is 0.0500. The molecule has 1 spiro atoms. The van der Waals surface area contributed by atoms with Crippen LogP contribution in [0, 0.1) is 0 Å². The lowest BCUT2D eigenvalue weighted by Gasteiger charge is -2.49. The minimum absolute atomic E-state index is 0.549. The van der Waals surface area contributed by atoms with E-state index in [0.29, 0.717) is 17.5 Å². The van der Waals surface area contributed by atoms with Gasteiger partial charge in [-0.2, -0.15) is 0 Å². The summed E-state index contributed by atoms with van der Waals surface area (Å²) in [5.41, 5.74) is 16.1. The predicted molar refractivity (Wildman–Crippen MR) is 270 cm³/mol. The van der Waals surface area contributed by atoms with Crippen molar-refractivity contribution in [3.05, 3.63) is 241 Å². The average molecular weight is 847 g/mol. The zero-order valence-electron chi connectivity index (χ0n) is 36.1. The molecule has 1 atom stereocenters. The van der Waals surface area contributed by atoms with Gasteiger partial charge in [0.05, 0.1) is 22.1 Å². The summed E-state index contributed by atoms with van der Waals surface area (Å²) >= 11 is 0. The Bertz CT molecular complexity index is 3690. The first-order valence-electron chi connectivity index (χ1n) is 22.4. The van der Waals surface area contributed by atoms with Gasteiger partial charge in [-0.05, 0) is 79.1 Å². The normalized spacial score (nSPS) is 15.4. The Balaban J connectivity index is 1.01. The van der Waals surface area contributed by atoms with Crippen LogP contribution in [0.1, 0.15) is 22.3 Å². The van der Waals surface area contributed by atoms with Crippen molar-refractivity contribution in [2.45, 2.75) is 18.5 Å². The maximum atomic E-state index is 5.19. The van der Waals surface area contributed by atoms with Crippen molar-refractivity contribution >= 4 is 40.3 Å². The molecule has 1 unspecified atom stereocenters. The Hall–Kier alpha value is -7.99. The van der Waals surface area contributed by atoms with Crippen molar-refractivity contribution in [1.29, 1.82) is 0 Å². The first kappa shape index (κ1) is 37.6. The Morgan fingerprint density at radius 3 is 1.63 bits per heavy atom. The number of benzene rings is 9. The number of rotatable bonds is 5. The smallest absolute Gasteiger partial charge is 0.164 e. The number of hydrogen-bond acceptors (Lipinski definition) is 3. The molecule has 0 N–H and O–H groups in total. The third kappa shape index (κ3) is 5.52. The number of nitrogens with zero attached hydrogens (tertiary/aromatic N) is 4. The zero-order valence-corrected chi connectivity index (χ0v) is 37.1. The molecule has 0 saturated heterocycles. The van der Waals surface area contributed by atoms with Gasteiger partial charge < -0.3 is 4.57 Å². The fourth-order valence-electron chi connectivity index (χ4n) is 11.1. The molecule has 0 saturated carbocycles. The minimum atomic E-state index is -2.19. The van der Waals surface area contributed by atoms with Crippen LogP contribution in [0.15, 0.2) is 218 Å². The molecule has 2 aliphatic heterocycles. The molecule has 306 valence electrons. The van der Waals surface area contributed by atoms with Crippen molar-refractivity contribution in [3.8, 4) is 62.1 Å². The lowest BCUT2D eigenvalue weighted by molar-refractivity contribution is 0.732. The first-order chi connectivity index (χ1) is 32.0. The van der Waals surface area contributed by atoms with Gasteiger partial charge in [0.2, 0.25) is 0 Å². The van der Waals surface area contributed by atoms with Crippen LogP contribution in [-0.4, -0.2) is 27.6 Å². The molecule has 0 fully saturated rings. The highest BCUT2D eigenvalue weighted by Gasteiger charge is 2.53. The molecule has 9 aromatic carbocycles. The predicted octanol–water partition coefficient (Wildman–Crippen LogP) is 13.1. The van der Waals surface area contributed by atoms with Gasteiger partial charge in [0, 0.05) is 27.5 Å². The molecule has 5 heteroatoms. The van der Waals surface area contributed by atoms with Crippen molar-refractivity contribution in [2.24, 2.45) is 0 Å². The van der Waals surface area contributed by atoms with Gasteiger partial charge in [0.1, 0.15) is 8.07 Å². The van der Waals surface area contributed by atoms with Crippen molar-refractivity contribution in [2.75, 3.05) is 0 Å². The van der Waals surface area contributed by atoms with Crippen LogP contribution in [0.25, 0.3) is 83.9 Å². The lowest BCUT2D eigenvalue weighted by Crippen LogP contribution is -2.63. The third-order valence-electron chi connectivity index (χ3n) is 14.1. The van der Waals surface area contributed by atoms with E-state index in [1.807, 2.05) is 24.3 Å². The Morgan fingerprint density at radius 2 is 0.846 bits per heavy atom. The van der Waals surface area contributed by atoms with E-state index < -0.39 is 13.5 Å². The van der Waals surface area contributed by atoms with Gasteiger partial charge in [-0.25, -0.2) is 15.0 Å². The highest BCUT2D eigenvalue weighted by Crippen LogP contribution is 2.55. The highest BCUT2D eigenvalue weighted by atomic mass is 28.3. The van der Waals surface area contributed by atoms with Gasteiger partial charge in [-0.1, -0.05) is 207 Å². The van der Waals surface area contributed by atoms with E-state index in [9.17, 15) is 0 Å². The molecular weight excluding hydrogens is 805 g/mol. The van der Waals surface area contributed by atoms with Gasteiger partial charge in [-0.15, -0.1) is 0 Å². The molecule has 13 rings (SSSR count). The Kier molecular flexibility index (Phi) is 8.24. The summed E-state index contributed by atoms with van der Waals surface area (Å²) in [5.74, 6) is 1.93. The number of hydrogen-bond donors (Lipinski definition) is 0. The van der Waals surface area contributed by atoms with Gasteiger partial charge in [-0.3, -0.25) is 0 Å². The van der Waals surface area contributed by atoms with Crippen LogP contribution in [-0.2, 0) is 5.41 Å². The van der Waals surface area contributed by atoms with E-state index in [1.54, 1.807) is 0 Å². The molecule has 0 bridgehead atoms. The molecule has 65 heavy (non-hydrogen) atoms. The van der Waals surface area contributed by atoms with Crippen molar-refractivity contribution < 1.29 is 0 Å². The Morgan fingerprint density at radius 1 is 0.354 bits per heavy atom. The maximum Gasteiger partial charge on any atom is 0.164 e. The van der Waals surface area contributed by atoms with Crippen molar-refractivity contribution in [3.63, 3.8) is 0 Å². The number of para-hydroxylation sites is 3. The van der Waals surface area contributed by atoms with Crippen LogP contribution in [0.5, 0.6) is 0 Å². The minimum Gasteiger partial charge on any atom is -0.309 e. The first-order valence-corrected chi connectivity index (χ1v) is 25.4. The topological polar surface area (TPSA) is 43.6 Å². The number of fused-ring (bicyclic) bond motifs is 11. The SMILES string of the molecule is C[Si]1(C)c2ccccc2C2(c3ccccc3-n3c4ccccc4c4cccc2c43)c2cc(-c3cccc(-c4nc(-c5ccccc5)nc(-c5ccc(-c6ccccc6)cc5)n4)c3)ccc21. The van der Waals surface area contributed by atoms with Gasteiger partial charge >= 0.3 is 0 Å². The second kappa shape index (κ2) is 14.3. The third-order valence-corrected chi connectivity index (χ3v) is 17.7. The molecular formula is C60H42N4Si. The van der Waals surface area contributed by atoms with E-state index in [1.165, 1.54) is 71.2 Å². The standard InChI is InChI=1S/C60H42N4Si/c1-65(2)54-30-14-11-26-49(54)60(48-25-10-13-29-53(48)64-52-28-12-9-23-46(52)47-24-16-27-50(60)56(47)64)51-38-44(35-36-55(51)65)43-21-15-22-45(37-43)59-62-57(41-19-7-4-8-20-41)61-58(63-59)42-33-31-40(32-34-42)39-17-5-3-6-18-39/h3-38H,1-2H3. The van der Waals surface area contributed by atoms with E-state index in [-0.39, 0.29) is 0 Å². The molecule has 0 radical (unpaired) electrons. The second-order valence-corrected chi connectivity index (χ2v) is 22.3. The van der Waals surface area contributed by atoms with Crippen LogP contribution in [0.3, 0.4) is 0 Å². The van der Waals surface area contributed by atoms with E-state index in [4.69, 9.17) is 15.0 Å². The number of aromatic nitrogens is 4. The van der Waals surface area contributed by atoms with Crippen LogP contribution < -0.4 is 10.4 Å². The quantitative estimate of drug-likeness (QED) is 0.162. The molecule has 4 heterocycles. The fourth-order valence-corrected chi connectivity index (χ4v) is 14.3. The summed E-state index contributed by atoms with van der Waals surface area (Å²) in [6, 6.07) is 79.6. The van der Waals surface area contributed by atoms with Gasteiger partial charge in [0.15, 0.2) is 17.5 Å². The van der Waals surface area contributed by atoms with Crippen LogP contribution in [0.4, 0.5) is 0 Å². The largest absolute Gasteiger partial charge is 0.309 e. The van der Waals surface area contributed by atoms with Crippen molar-refractivity contribution in [1.82, 2.24) is 19.5 Å². The maximum absolute atomic E-state index is 5.19. The highest BCUT2D eigenvalue weighted by molar-refractivity contribution is 7.01. The second-order valence-electron chi connectivity index (χ2n) is 17.9. The average Bonchev–Trinajstić information content (AvgIpc) is 3.72. The van der Waals surface area contributed by atoms with E-state index in [2.05, 4.69) is 212 Å². The summed E-state index contributed by atoms with van der Waals surface area (Å²) in [6.45, 7) is 5.06.